The van der Waals surface area contributed by atoms with Gasteiger partial charge in [-0.3, -0.25) is 0 Å². The van der Waals surface area contributed by atoms with E-state index < -0.39 is 0 Å². The largest absolute Gasteiger partial charge is 0.339 e. The second kappa shape index (κ2) is 4.97. The third kappa shape index (κ3) is 2.81. The smallest absolute Gasteiger partial charge is 0.229 e. The molecule has 1 atom stereocenters. The normalized spacial score (nSPS) is 13.2. The van der Waals surface area contributed by atoms with Gasteiger partial charge in [0.25, 0.3) is 0 Å². The summed E-state index contributed by atoms with van der Waals surface area (Å²) in [4.78, 5) is 4.29. The van der Waals surface area contributed by atoms with Crippen LogP contribution < -0.4 is 5.73 Å². The van der Waals surface area contributed by atoms with Crippen LogP contribution in [-0.2, 0) is 6.42 Å². The van der Waals surface area contributed by atoms with Crippen molar-refractivity contribution in [2.24, 2.45) is 5.73 Å². The van der Waals surface area contributed by atoms with Gasteiger partial charge in [0.1, 0.15) is 0 Å². The van der Waals surface area contributed by atoms with Gasteiger partial charge in [-0.15, -0.1) is 0 Å². The lowest BCUT2D eigenvalue weighted by molar-refractivity contribution is 0.352. The molecule has 0 radical (unpaired) electrons. The monoisotopic (exact) mass is 183 g/mol. The Kier molecular flexibility index (Phi) is 3.89. The summed E-state index contributed by atoms with van der Waals surface area (Å²) in [5.74, 6) is 1.88. The van der Waals surface area contributed by atoms with Crippen LogP contribution in [0.25, 0.3) is 0 Å². The Balaban J connectivity index is 2.53. The number of hydrogen-bond donors (Lipinski definition) is 1. The van der Waals surface area contributed by atoms with Gasteiger partial charge in [0.2, 0.25) is 5.89 Å². The zero-order valence-electron chi connectivity index (χ0n) is 8.29. The summed E-state index contributed by atoms with van der Waals surface area (Å²) in [5.41, 5.74) is 5.38. The van der Waals surface area contributed by atoms with Crippen LogP contribution >= 0.6 is 0 Å². The fourth-order valence-electron chi connectivity index (χ4n) is 1.00. The number of aryl methyl sites for hydroxylation is 1. The molecule has 0 aliphatic rings. The molecule has 0 spiro atoms. The van der Waals surface area contributed by atoms with Crippen molar-refractivity contribution >= 4 is 0 Å². The van der Waals surface area contributed by atoms with Crippen molar-refractivity contribution in [2.75, 3.05) is 6.54 Å². The first kappa shape index (κ1) is 10.2. The summed E-state index contributed by atoms with van der Waals surface area (Å²) >= 11 is 0. The van der Waals surface area contributed by atoms with E-state index in [0.29, 0.717) is 12.5 Å². The number of nitrogens with zero attached hydrogens (tertiary/aromatic N) is 2. The maximum Gasteiger partial charge on any atom is 0.229 e. The van der Waals surface area contributed by atoms with Gasteiger partial charge in [0, 0.05) is 12.3 Å². The molecule has 1 unspecified atom stereocenters. The maximum atomic E-state index is 5.38. The molecular formula is C9H17N3O. The van der Waals surface area contributed by atoms with E-state index in [1.807, 2.05) is 0 Å². The van der Waals surface area contributed by atoms with Gasteiger partial charge in [-0.25, -0.2) is 0 Å². The average Bonchev–Trinajstić information content (AvgIpc) is 2.62. The summed E-state index contributed by atoms with van der Waals surface area (Å²) in [5, 5.41) is 3.88. The Hall–Kier alpha value is -0.900. The molecule has 0 aromatic carbocycles. The first-order chi connectivity index (χ1) is 6.27. The second-order valence-corrected chi connectivity index (χ2v) is 3.25. The van der Waals surface area contributed by atoms with Crippen LogP contribution in [0.15, 0.2) is 4.52 Å². The summed E-state index contributed by atoms with van der Waals surface area (Å²) < 4.78 is 5.11. The molecule has 1 rings (SSSR count). The minimum Gasteiger partial charge on any atom is -0.339 e. The summed E-state index contributed by atoms with van der Waals surface area (Å²) in [6.07, 6.45) is 2.76. The highest BCUT2D eigenvalue weighted by atomic mass is 16.5. The van der Waals surface area contributed by atoms with Gasteiger partial charge in [-0.2, -0.15) is 4.98 Å². The molecule has 13 heavy (non-hydrogen) atoms. The number of nitrogens with two attached hydrogens (primary N) is 1. The van der Waals surface area contributed by atoms with Crippen LogP contribution in [0, 0.1) is 0 Å². The van der Waals surface area contributed by atoms with Crippen molar-refractivity contribution in [3.8, 4) is 0 Å². The number of rotatable bonds is 5. The first-order valence-corrected chi connectivity index (χ1v) is 4.80. The molecule has 2 N–H and O–H groups in total. The Morgan fingerprint density at radius 1 is 1.54 bits per heavy atom. The minimum absolute atomic E-state index is 0.360. The minimum atomic E-state index is 0.360. The van der Waals surface area contributed by atoms with Gasteiger partial charge in [-0.1, -0.05) is 19.0 Å². The molecule has 0 saturated heterocycles. The van der Waals surface area contributed by atoms with Crippen molar-refractivity contribution in [3.05, 3.63) is 11.7 Å². The molecule has 74 valence electrons. The van der Waals surface area contributed by atoms with E-state index in [9.17, 15) is 0 Å². The zero-order chi connectivity index (χ0) is 9.68. The molecular weight excluding hydrogens is 166 g/mol. The third-order valence-corrected chi connectivity index (χ3v) is 2.12. The van der Waals surface area contributed by atoms with Gasteiger partial charge in [0.05, 0.1) is 0 Å². The van der Waals surface area contributed by atoms with Crippen LogP contribution in [-0.4, -0.2) is 16.7 Å². The number of aromatic nitrogens is 2. The topological polar surface area (TPSA) is 64.9 Å². The molecule has 0 aliphatic carbocycles. The quantitative estimate of drug-likeness (QED) is 0.750. The molecule has 0 aliphatic heterocycles. The second-order valence-electron chi connectivity index (χ2n) is 3.25. The van der Waals surface area contributed by atoms with Crippen molar-refractivity contribution < 1.29 is 4.52 Å². The van der Waals surface area contributed by atoms with Gasteiger partial charge in [0.15, 0.2) is 5.82 Å². The lowest BCUT2D eigenvalue weighted by Gasteiger charge is -1.98. The molecule has 0 bridgehead atoms. The predicted octanol–water partition coefficient (Wildman–Crippen LogP) is 1.47. The van der Waals surface area contributed by atoms with E-state index in [-0.39, 0.29) is 0 Å². The highest BCUT2D eigenvalue weighted by Gasteiger charge is 2.11. The lowest BCUT2D eigenvalue weighted by atomic mass is 10.1. The van der Waals surface area contributed by atoms with Crippen molar-refractivity contribution in [1.82, 2.24) is 10.1 Å². The molecule has 1 aromatic rings. The van der Waals surface area contributed by atoms with E-state index in [4.69, 9.17) is 10.3 Å². The standard InChI is InChI=1S/C9H17N3O/c1-3-7(2)9-11-8(12-13-9)5-4-6-10/h7H,3-6,10H2,1-2H3. The van der Waals surface area contributed by atoms with E-state index in [2.05, 4.69) is 24.0 Å². The summed E-state index contributed by atoms with van der Waals surface area (Å²) in [7, 11) is 0. The summed E-state index contributed by atoms with van der Waals surface area (Å²) in [6.45, 7) is 4.86. The van der Waals surface area contributed by atoms with Crippen LogP contribution in [0.2, 0.25) is 0 Å². The Morgan fingerprint density at radius 2 is 2.31 bits per heavy atom. The van der Waals surface area contributed by atoms with Gasteiger partial charge >= 0.3 is 0 Å². The van der Waals surface area contributed by atoms with E-state index in [1.54, 1.807) is 0 Å². The van der Waals surface area contributed by atoms with Gasteiger partial charge in [-0.05, 0) is 19.4 Å². The maximum absolute atomic E-state index is 5.38. The molecule has 4 heteroatoms. The van der Waals surface area contributed by atoms with Crippen LogP contribution in [0.4, 0.5) is 0 Å². The van der Waals surface area contributed by atoms with Crippen molar-refractivity contribution in [1.29, 1.82) is 0 Å². The predicted molar refractivity (Wildman–Crippen MR) is 50.4 cm³/mol. The fourth-order valence-corrected chi connectivity index (χ4v) is 1.00. The van der Waals surface area contributed by atoms with Crippen molar-refractivity contribution in [2.45, 2.75) is 39.0 Å². The Labute approximate surface area is 78.5 Å². The lowest BCUT2D eigenvalue weighted by Crippen LogP contribution is -2.01. The third-order valence-electron chi connectivity index (χ3n) is 2.12. The van der Waals surface area contributed by atoms with E-state index in [0.717, 1.165) is 31.0 Å². The number of hydrogen-bond acceptors (Lipinski definition) is 4. The van der Waals surface area contributed by atoms with Crippen LogP contribution in [0.3, 0.4) is 0 Å². The Bertz CT molecular complexity index is 247. The van der Waals surface area contributed by atoms with Crippen LogP contribution in [0.5, 0.6) is 0 Å². The van der Waals surface area contributed by atoms with Gasteiger partial charge < -0.3 is 10.3 Å². The molecule has 0 fully saturated rings. The van der Waals surface area contributed by atoms with Crippen molar-refractivity contribution in [3.63, 3.8) is 0 Å². The molecule has 0 amide bonds. The van der Waals surface area contributed by atoms with Crippen LogP contribution in [0.1, 0.15) is 44.3 Å². The van der Waals surface area contributed by atoms with E-state index >= 15 is 0 Å². The van der Waals surface area contributed by atoms with E-state index in [1.165, 1.54) is 0 Å². The highest BCUT2D eigenvalue weighted by molar-refractivity contribution is 4.91. The molecule has 1 heterocycles. The highest BCUT2D eigenvalue weighted by Crippen LogP contribution is 2.15. The zero-order valence-corrected chi connectivity index (χ0v) is 8.29. The molecule has 4 nitrogen and oxygen atoms in total. The first-order valence-electron chi connectivity index (χ1n) is 4.80. The fraction of sp³-hybridized carbons (Fsp3) is 0.778. The molecule has 1 aromatic heterocycles. The average molecular weight is 183 g/mol. The molecule has 0 saturated carbocycles. The summed E-state index contributed by atoms with van der Waals surface area (Å²) in [6, 6.07) is 0. The SMILES string of the molecule is CCC(C)c1nc(CCCN)no1. The Morgan fingerprint density at radius 3 is 2.92 bits per heavy atom.